The Labute approximate surface area is 770 Å². The van der Waals surface area contributed by atoms with Crippen molar-refractivity contribution in [3.63, 3.8) is 0 Å². The van der Waals surface area contributed by atoms with Gasteiger partial charge in [-0.25, -0.2) is 0 Å². The molecule has 3 saturated carbocycles. The van der Waals surface area contributed by atoms with Gasteiger partial charge in [-0.3, -0.25) is 0 Å². The highest BCUT2D eigenvalue weighted by Gasteiger charge is 2.36. The molecule has 0 unspecified atom stereocenters. The second kappa shape index (κ2) is 43.5. The Morgan fingerprint density at radius 1 is 0.213 bits per heavy atom. The van der Waals surface area contributed by atoms with Crippen LogP contribution in [0.2, 0.25) is 0 Å². The van der Waals surface area contributed by atoms with E-state index in [0.29, 0.717) is 66.0 Å². The third-order valence-corrected chi connectivity index (χ3v) is 34.4. The largest absolute Gasteiger partial charge is 0.507 e. The summed E-state index contributed by atoms with van der Waals surface area (Å²) in [7, 11) is 3.25. The lowest BCUT2D eigenvalue weighted by atomic mass is 9.79. The van der Waals surface area contributed by atoms with Gasteiger partial charge in [-0.05, 0) is 160 Å². The van der Waals surface area contributed by atoms with Gasteiger partial charge in [0, 0.05) is 99.4 Å². The molecule has 0 heterocycles. The van der Waals surface area contributed by atoms with Gasteiger partial charge in [-0.15, -0.1) is 0 Å². The smallest absolute Gasteiger partial charge is 0.161 e. The maximum atomic E-state index is 11.4. The molecule has 6 atom stereocenters. The van der Waals surface area contributed by atoms with Gasteiger partial charge in [0.25, 0.3) is 0 Å². The highest BCUT2D eigenvalue weighted by atomic mass is 32.2. The number of phenols is 6. The van der Waals surface area contributed by atoms with Crippen LogP contribution in [0.15, 0.2) is 72.8 Å². The molecule has 6 aromatic rings. The standard InChI is InChI=1S/2C38H60O2S2.C32H48O4S2/c2*1-35(2,3)27-19-25(33(39)29(21-27)37(7,8)9)23-41-31-17-15-13-14-16-18-32(31)42-24-26-20-28(36(4,5)6)22-30(34(26)40)38(10,11)12;1-31(2,3)23-15-21(29(33)25(17-23)35-7)19-37-27-13-11-9-10-12-14-28(27)38-20-22-16-24(32(4,5)6)18-26(36-8)30(22)34/h2*19-22,31-32,39-40H,13-18,23-24H2,1-12H3;15-18,27-28,33-34H,9-14,19-20H2,1-8H3/t2*31-,32-;27-,28-/m000/s1. The molecular formula is C108H168O8S6. The van der Waals surface area contributed by atoms with Gasteiger partial charge in [0.15, 0.2) is 23.0 Å². The van der Waals surface area contributed by atoms with E-state index < -0.39 is 0 Å². The predicted molar refractivity (Wildman–Crippen MR) is 542 cm³/mol. The van der Waals surface area contributed by atoms with Crippen molar-refractivity contribution < 1.29 is 40.1 Å². The molecule has 14 heteroatoms. The topological polar surface area (TPSA) is 140 Å². The molecule has 6 N–H and O–H groups in total. The number of hydrogen-bond acceptors (Lipinski definition) is 14. The summed E-state index contributed by atoms with van der Waals surface area (Å²) in [5.74, 6) is 8.41. The summed E-state index contributed by atoms with van der Waals surface area (Å²) < 4.78 is 11.0. The average Bonchev–Trinajstić information content (AvgIpc) is 0.790. The lowest BCUT2D eigenvalue weighted by Gasteiger charge is -2.31. The number of hydrogen-bond donors (Lipinski definition) is 6. The molecule has 6 aromatic carbocycles. The Hall–Kier alpha value is -4.18. The van der Waals surface area contributed by atoms with Crippen LogP contribution in [-0.4, -0.2) is 76.4 Å². The molecular weight excluding hydrogens is 1620 g/mol. The predicted octanol–water partition coefficient (Wildman–Crippen LogP) is 32.1. The molecule has 122 heavy (non-hydrogen) atoms. The van der Waals surface area contributed by atoms with E-state index in [1.807, 2.05) is 82.7 Å². The van der Waals surface area contributed by atoms with Gasteiger partial charge in [-0.1, -0.05) is 345 Å². The molecule has 0 saturated heterocycles. The first kappa shape index (κ1) is 105. The normalized spacial score (nSPS) is 19.3. The molecule has 3 aliphatic rings. The minimum atomic E-state index is -0.112. The summed E-state index contributed by atoms with van der Waals surface area (Å²) in [5, 5.41) is 70.6. The van der Waals surface area contributed by atoms with Crippen LogP contribution in [0.3, 0.4) is 0 Å². The van der Waals surface area contributed by atoms with Crippen molar-refractivity contribution in [2.75, 3.05) is 14.2 Å². The van der Waals surface area contributed by atoms with Crippen molar-refractivity contribution in [3.05, 3.63) is 162 Å². The molecule has 0 aliphatic heterocycles. The van der Waals surface area contributed by atoms with Crippen molar-refractivity contribution in [1.29, 1.82) is 0 Å². The maximum Gasteiger partial charge on any atom is 0.161 e. The van der Waals surface area contributed by atoms with Gasteiger partial charge in [-0.2, -0.15) is 70.6 Å². The molecule has 0 aromatic heterocycles. The lowest BCUT2D eigenvalue weighted by Crippen LogP contribution is -2.23. The van der Waals surface area contributed by atoms with Crippen molar-refractivity contribution in [1.82, 2.24) is 0 Å². The Bertz CT molecular complexity index is 3880. The van der Waals surface area contributed by atoms with Gasteiger partial charge in [0.05, 0.1) is 14.2 Å². The fraction of sp³-hybridized carbons (Fsp3) is 0.667. The van der Waals surface area contributed by atoms with Crippen LogP contribution in [0.4, 0.5) is 0 Å². The summed E-state index contributed by atoms with van der Waals surface area (Å²) in [6.45, 7) is 66.7. The molecule has 9 rings (SSSR count). The van der Waals surface area contributed by atoms with E-state index in [2.05, 4.69) is 268 Å². The van der Waals surface area contributed by atoms with Crippen molar-refractivity contribution in [2.45, 2.75) is 443 Å². The maximum absolute atomic E-state index is 11.4. The SMILES string of the molecule is CC(C)(C)c1cc(CS[C@H]2CCCCCC[C@@H]2SCc2cc(C(C)(C)C)cc(C(C)(C)C)c2O)c(O)c(C(C)(C)C)c1.CC(C)(C)c1cc(CS[C@H]2CCCCCC[C@@H]2SCc2cc(C(C)(C)C)cc(C(C)(C)C)c2O)c(O)c(C(C)(C)C)c1.COc1cc(C(C)(C)C)cc(CS[C@H]2CCCCCC[C@@H]2SCc2cc(C(C)(C)C)cc(OC)c2O)c1O. The molecule has 684 valence electrons. The number of thioether (sulfide) groups is 6. The molecule has 3 fully saturated rings. The van der Waals surface area contributed by atoms with Crippen LogP contribution >= 0.6 is 70.6 Å². The summed E-state index contributed by atoms with van der Waals surface area (Å²) >= 11 is 12.1. The van der Waals surface area contributed by atoms with Crippen molar-refractivity contribution in [2.24, 2.45) is 0 Å². The van der Waals surface area contributed by atoms with E-state index in [-0.39, 0.29) is 65.6 Å². The summed E-state index contributed by atoms with van der Waals surface area (Å²) in [6, 6.07) is 26.2. The molecule has 8 nitrogen and oxygen atoms in total. The van der Waals surface area contributed by atoms with E-state index in [1.165, 1.54) is 149 Å². The van der Waals surface area contributed by atoms with Crippen LogP contribution in [0, 0.1) is 0 Å². The summed E-state index contributed by atoms with van der Waals surface area (Å²) in [5.41, 5.74) is 17.6. The van der Waals surface area contributed by atoms with E-state index in [4.69, 9.17) is 9.47 Å². The first-order chi connectivity index (χ1) is 56.2. The monoisotopic (exact) mass is 1790 g/mol. The van der Waals surface area contributed by atoms with E-state index in [1.54, 1.807) is 14.2 Å². The zero-order valence-electron chi connectivity index (χ0n) is 82.3. The minimum absolute atomic E-state index is 0.0241. The Kier molecular flexibility index (Phi) is 37.4. The van der Waals surface area contributed by atoms with E-state index in [9.17, 15) is 30.6 Å². The first-order valence-corrected chi connectivity index (χ1v) is 52.5. The summed E-state index contributed by atoms with van der Waals surface area (Å²) in [6.07, 6.45) is 22.6. The molecule has 0 radical (unpaired) electrons. The zero-order chi connectivity index (χ0) is 91.4. The zero-order valence-corrected chi connectivity index (χ0v) is 87.2. The number of phenolic OH excluding ortho intramolecular Hbond substituents is 6. The Balaban J connectivity index is 0.000000252. The van der Waals surface area contributed by atoms with Gasteiger partial charge < -0.3 is 40.1 Å². The molecule has 0 spiro atoms. The van der Waals surface area contributed by atoms with E-state index in [0.717, 1.165) is 90.2 Å². The molecule has 0 bridgehead atoms. The number of ether oxygens (including phenoxy) is 2. The minimum Gasteiger partial charge on any atom is -0.507 e. The average molecular weight is 1790 g/mol. The van der Waals surface area contributed by atoms with Crippen LogP contribution < -0.4 is 9.47 Å². The van der Waals surface area contributed by atoms with Crippen LogP contribution in [0.5, 0.6) is 46.0 Å². The number of methoxy groups -OCH3 is 2. The highest BCUT2D eigenvalue weighted by molar-refractivity contribution is 8.04. The summed E-state index contributed by atoms with van der Waals surface area (Å²) in [4.78, 5) is 0. The fourth-order valence-electron chi connectivity index (χ4n) is 16.5. The van der Waals surface area contributed by atoms with E-state index >= 15 is 0 Å². The highest BCUT2D eigenvalue weighted by Crippen LogP contribution is 2.51. The Morgan fingerprint density at radius 3 is 0.500 bits per heavy atom. The second-order valence-corrected chi connectivity index (χ2v) is 53.4. The van der Waals surface area contributed by atoms with Gasteiger partial charge in [0.2, 0.25) is 0 Å². The third-order valence-electron chi connectivity index (χ3n) is 25.1. The number of benzene rings is 6. The number of aromatic hydroxyl groups is 6. The second-order valence-electron chi connectivity index (χ2n) is 46.1. The van der Waals surface area contributed by atoms with Crippen LogP contribution in [0.1, 0.15) is 412 Å². The third kappa shape index (κ3) is 30.2. The number of rotatable bonds is 20. The van der Waals surface area contributed by atoms with Crippen molar-refractivity contribution >= 4 is 70.6 Å². The van der Waals surface area contributed by atoms with Crippen molar-refractivity contribution in [3.8, 4) is 46.0 Å². The fourth-order valence-corrected chi connectivity index (χ4v) is 25.7. The first-order valence-electron chi connectivity index (χ1n) is 46.2. The van der Waals surface area contributed by atoms with Gasteiger partial charge in [0.1, 0.15) is 23.0 Å². The lowest BCUT2D eigenvalue weighted by molar-refractivity contribution is 0.369. The van der Waals surface area contributed by atoms with Crippen LogP contribution in [-0.2, 0) is 88.7 Å². The quantitative estimate of drug-likeness (QED) is 0.0432. The Morgan fingerprint density at radius 2 is 0.361 bits per heavy atom. The van der Waals surface area contributed by atoms with Gasteiger partial charge >= 0.3 is 0 Å². The molecule has 3 aliphatic carbocycles. The van der Waals surface area contributed by atoms with Crippen LogP contribution in [0.25, 0.3) is 0 Å². The molecule has 0 amide bonds.